The maximum Gasteiger partial charge on any atom is 0.423 e. The molecule has 0 saturated heterocycles. The van der Waals surface area contributed by atoms with Crippen LogP contribution in [0, 0.1) is 17.8 Å². The molecule has 1 saturated carbocycles. The lowest BCUT2D eigenvalue weighted by Gasteiger charge is -2.34. The first-order chi connectivity index (χ1) is 10.6. The van der Waals surface area contributed by atoms with Crippen molar-refractivity contribution in [2.24, 2.45) is 5.92 Å². The number of hydrogen-bond donors (Lipinski definition) is 1. The molecule has 1 unspecified atom stereocenters. The molecule has 0 heterocycles. The smallest absolute Gasteiger partial charge is 0.242 e. The summed E-state index contributed by atoms with van der Waals surface area (Å²) in [6, 6.07) is 7.41. The third kappa shape index (κ3) is 4.15. The standard InChI is InChI=1S/C17H20F3NOS/c1-15(2,3)23(22)21-16(17(18,19)20,12-11-13-9-10-13)14-7-5-4-6-8-14/h4-8,13,21H,9-10H2,1-3H3/t16-,23?/m0/s1. The molecule has 6 heteroatoms. The van der Waals surface area contributed by atoms with Gasteiger partial charge in [-0.1, -0.05) is 42.2 Å². The zero-order valence-corrected chi connectivity index (χ0v) is 14.1. The van der Waals surface area contributed by atoms with Crippen molar-refractivity contribution in [3.05, 3.63) is 35.9 Å². The van der Waals surface area contributed by atoms with Crippen molar-refractivity contribution in [3.63, 3.8) is 0 Å². The molecule has 0 amide bonds. The summed E-state index contributed by atoms with van der Waals surface area (Å²) in [5, 5.41) is 0. The molecule has 1 aliphatic rings. The Morgan fingerprint density at radius 1 is 1.13 bits per heavy atom. The number of benzene rings is 1. The third-order valence-electron chi connectivity index (χ3n) is 3.48. The summed E-state index contributed by atoms with van der Waals surface area (Å²) in [5.41, 5.74) is -2.67. The fraction of sp³-hybridized carbons (Fsp3) is 0.529. The molecule has 0 bridgehead atoms. The van der Waals surface area contributed by atoms with E-state index in [4.69, 9.17) is 0 Å². The van der Waals surface area contributed by atoms with Gasteiger partial charge in [0.05, 0.1) is 15.7 Å². The maximum absolute atomic E-state index is 14.0. The first kappa shape index (κ1) is 18.0. The molecule has 2 atom stereocenters. The summed E-state index contributed by atoms with van der Waals surface area (Å²) < 4.78 is 55.8. The van der Waals surface area contributed by atoms with Gasteiger partial charge in [0.1, 0.15) is 0 Å². The lowest BCUT2D eigenvalue weighted by molar-refractivity contribution is -0.176. The van der Waals surface area contributed by atoms with Gasteiger partial charge < -0.3 is 0 Å². The maximum atomic E-state index is 14.0. The summed E-state index contributed by atoms with van der Waals surface area (Å²) in [6.45, 7) is 4.86. The Morgan fingerprint density at radius 2 is 1.70 bits per heavy atom. The highest BCUT2D eigenvalue weighted by Crippen LogP contribution is 2.40. The number of hydrogen-bond acceptors (Lipinski definition) is 1. The minimum absolute atomic E-state index is 0.00492. The summed E-state index contributed by atoms with van der Waals surface area (Å²) in [5.74, 6) is 5.07. The van der Waals surface area contributed by atoms with Crippen LogP contribution >= 0.6 is 0 Å². The minimum Gasteiger partial charge on any atom is -0.242 e. The van der Waals surface area contributed by atoms with Gasteiger partial charge in [-0.15, -0.1) is 0 Å². The van der Waals surface area contributed by atoms with E-state index in [0.29, 0.717) is 0 Å². The van der Waals surface area contributed by atoms with Crippen LogP contribution in [0.15, 0.2) is 30.3 Å². The quantitative estimate of drug-likeness (QED) is 0.829. The molecule has 1 aromatic carbocycles. The summed E-state index contributed by atoms with van der Waals surface area (Å²) in [4.78, 5) is 0. The Kier molecular flexibility index (Phi) is 4.93. The lowest BCUT2D eigenvalue weighted by Crippen LogP contribution is -2.56. The molecular formula is C17H20F3NOS. The van der Waals surface area contributed by atoms with Crippen molar-refractivity contribution in [1.82, 2.24) is 4.72 Å². The van der Waals surface area contributed by atoms with Crippen molar-refractivity contribution < 1.29 is 17.4 Å². The molecule has 0 spiro atoms. The van der Waals surface area contributed by atoms with Crippen LogP contribution in [0.4, 0.5) is 13.2 Å². The second kappa shape index (κ2) is 6.29. The van der Waals surface area contributed by atoms with Gasteiger partial charge in [0.2, 0.25) is 5.54 Å². The van der Waals surface area contributed by atoms with Crippen molar-refractivity contribution in [2.75, 3.05) is 0 Å². The third-order valence-corrected chi connectivity index (χ3v) is 5.08. The number of halogens is 3. The van der Waals surface area contributed by atoms with Crippen LogP contribution < -0.4 is 4.72 Å². The minimum atomic E-state index is -4.70. The van der Waals surface area contributed by atoms with Gasteiger partial charge in [0, 0.05) is 5.92 Å². The monoisotopic (exact) mass is 343 g/mol. The van der Waals surface area contributed by atoms with Crippen LogP contribution in [0.2, 0.25) is 0 Å². The van der Waals surface area contributed by atoms with Gasteiger partial charge in [-0.3, -0.25) is 0 Å². The van der Waals surface area contributed by atoms with E-state index >= 15 is 0 Å². The molecular weight excluding hydrogens is 323 g/mol. The Hall–Kier alpha value is -1.32. The normalized spacial score (nSPS) is 19.4. The second-order valence-electron chi connectivity index (χ2n) is 6.64. The Balaban J connectivity index is 2.55. The molecule has 2 nitrogen and oxygen atoms in total. The van der Waals surface area contributed by atoms with Crippen LogP contribution in [-0.4, -0.2) is 15.1 Å². The molecule has 126 valence electrons. The van der Waals surface area contributed by atoms with Crippen LogP contribution in [0.5, 0.6) is 0 Å². The average Bonchev–Trinajstić information content (AvgIpc) is 3.26. The summed E-state index contributed by atoms with van der Waals surface area (Å²) in [7, 11) is -1.92. The zero-order valence-electron chi connectivity index (χ0n) is 13.3. The first-order valence-corrected chi connectivity index (χ1v) is 8.56. The van der Waals surface area contributed by atoms with E-state index in [2.05, 4.69) is 16.6 Å². The van der Waals surface area contributed by atoms with Crippen LogP contribution in [0.25, 0.3) is 0 Å². The number of nitrogens with one attached hydrogen (secondary N) is 1. The van der Waals surface area contributed by atoms with Crippen LogP contribution in [-0.2, 0) is 16.5 Å². The highest BCUT2D eigenvalue weighted by atomic mass is 32.2. The predicted molar refractivity (Wildman–Crippen MR) is 85.7 cm³/mol. The zero-order chi connectivity index (χ0) is 17.3. The fourth-order valence-corrected chi connectivity index (χ4v) is 2.74. The Bertz CT molecular complexity index is 636. The number of rotatable bonds is 3. The highest BCUT2D eigenvalue weighted by molar-refractivity contribution is 7.84. The Morgan fingerprint density at radius 3 is 2.13 bits per heavy atom. The van der Waals surface area contributed by atoms with E-state index in [1.807, 2.05) is 0 Å². The van der Waals surface area contributed by atoms with Crippen molar-refractivity contribution in [1.29, 1.82) is 0 Å². The van der Waals surface area contributed by atoms with Gasteiger partial charge in [-0.25, -0.2) is 8.93 Å². The van der Waals surface area contributed by atoms with Gasteiger partial charge in [-0.05, 0) is 39.2 Å². The van der Waals surface area contributed by atoms with Gasteiger partial charge in [0.15, 0.2) is 0 Å². The Labute approximate surface area is 137 Å². The molecule has 0 radical (unpaired) electrons. The highest BCUT2D eigenvalue weighted by Gasteiger charge is 2.57. The van der Waals surface area contributed by atoms with E-state index < -0.39 is 27.4 Å². The first-order valence-electron chi connectivity index (χ1n) is 7.41. The van der Waals surface area contributed by atoms with E-state index in [1.54, 1.807) is 26.8 Å². The number of alkyl halides is 3. The van der Waals surface area contributed by atoms with E-state index in [0.717, 1.165) is 12.8 Å². The van der Waals surface area contributed by atoms with Gasteiger partial charge in [-0.2, -0.15) is 13.2 Å². The van der Waals surface area contributed by atoms with E-state index in [-0.39, 0.29) is 11.5 Å². The lowest BCUT2D eigenvalue weighted by atomic mass is 9.90. The molecule has 1 N–H and O–H groups in total. The van der Waals surface area contributed by atoms with Gasteiger partial charge >= 0.3 is 6.18 Å². The fourth-order valence-electron chi connectivity index (χ4n) is 1.87. The van der Waals surface area contributed by atoms with E-state index in [1.165, 1.54) is 24.3 Å². The second-order valence-corrected chi connectivity index (χ2v) is 8.61. The van der Waals surface area contributed by atoms with Crippen molar-refractivity contribution in [3.8, 4) is 11.8 Å². The molecule has 0 aliphatic heterocycles. The molecule has 1 aromatic rings. The topological polar surface area (TPSA) is 29.1 Å². The summed E-state index contributed by atoms with van der Waals surface area (Å²) >= 11 is 0. The largest absolute Gasteiger partial charge is 0.423 e. The SMILES string of the molecule is CC(C)(C)S(=O)N[C@@](C#CC1CC1)(c1ccccc1)C(F)(F)F. The molecule has 23 heavy (non-hydrogen) atoms. The molecule has 2 rings (SSSR count). The van der Waals surface area contributed by atoms with Crippen molar-refractivity contribution >= 4 is 11.0 Å². The summed E-state index contributed by atoms with van der Waals surface area (Å²) in [6.07, 6.45) is -3.06. The van der Waals surface area contributed by atoms with E-state index in [9.17, 15) is 17.4 Å². The predicted octanol–water partition coefficient (Wildman–Crippen LogP) is 3.91. The molecule has 1 fully saturated rings. The van der Waals surface area contributed by atoms with Crippen molar-refractivity contribution in [2.45, 2.75) is 50.1 Å². The molecule has 1 aliphatic carbocycles. The van der Waals surface area contributed by atoms with Gasteiger partial charge in [0.25, 0.3) is 0 Å². The molecule has 0 aromatic heterocycles. The van der Waals surface area contributed by atoms with Crippen LogP contribution in [0.1, 0.15) is 39.2 Å². The van der Waals surface area contributed by atoms with Crippen LogP contribution in [0.3, 0.4) is 0 Å². The average molecular weight is 343 g/mol.